The molecule has 18 N–H and O–H groups in total. The number of aliphatic hydroxyl groups is 18. The molecule has 6 aliphatic heterocycles. The van der Waals surface area contributed by atoms with Crippen molar-refractivity contribution < 1.29 is 154 Å². The van der Waals surface area contributed by atoms with Gasteiger partial charge in [0.05, 0.1) is 56.8 Å². The van der Waals surface area contributed by atoms with Crippen molar-refractivity contribution in [1.82, 2.24) is 0 Å². The van der Waals surface area contributed by atoms with Crippen LogP contribution in [-0.2, 0) is 61.6 Å². The molecule has 38 unspecified atom stereocenters. The van der Waals surface area contributed by atoms with Crippen LogP contribution in [0, 0.1) is 50.2 Å². The summed E-state index contributed by atoms with van der Waals surface area (Å²) in [5.74, 6) is -1.23. The summed E-state index contributed by atoms with van der Waals surface area (Å²) in [6, 6.07) is 0. The number of ether oxygens (including phenoxy) is 12. The Kier molecular flexibility index (Phi) is 22.1. The highest BCUT2D eigenvalue weighted by molar-refractivity contribution is 5.79. The molecule has 10 fully saturated rings. The Hall–Kier alpha value is -1.95. The summed E-state index contributed by atoms with van der Waals surface area (Å²) < 4.78 is 72.1. The maximum Gasteiger partial charge on any atom is 0.315 e. The van der Waals surface area contributed by atoms with Gasteiger partial charge in [0.1, 0.15) is 122 Å². The molecule has 96 heavy (non-hydrogen) atoms. The van der Waals surface area contributed by atoms with Crippen molar-refractivity contribution in [1.29, 1.82) is 0 Å². The fourth-order valence-electron chi connectivity index (χ4n) is 19.0. The van der Waals surface area contributed by atoms with Crippen LogP contribution in [0.2, 0.25) is 0 Å². The third-order valence-corrected chi connectivity index (χ3v) is 25.3. The zero-order valence-corrected chi connectivity index (χ0v) is 55.6. The van der Waals surface area contributed by atoms with Gasteiger partial charge in [-0.1, -0.05) is 53.2 Å². The first-order valence-electron chi connectivity index (χ1n) is 34.1. The van der Waals surface area contributed by atoms with E-state index in [1.54, 1.807) is 0 Å². The average Bonchev–Trinajstić information content (AvgIpc) is 0.675. The zero-order valence-electron chi connectivity index (χ0n) is 55.6. The predicted octanol–water partition coefficient (Wildman–Crippen LogP) is -4.72. The van der Waals surface area contributed by atoms with Crippen LogP contribution in [0.4, 0.5) is 0 Å². The van der Waals surface area contributed by atoms with Gasteiger partial charge < -0.3 is 149 Å². The fourth-order valence-corrected chi connectivity index (χ4v) is 19.0. The second-order valence-corrected chi connectivity index (χ2v) is 31.3. The van der Waals surface area contributed by atoms with E-state index in [1.807, 2.05) is 6.92 Å². The van der Waals surface area contributed by atoms with Crippen molar-refractivity contribution in [3.05, 3.63) is 11.6 Å². The Balaban J connectivity index is 0.837. The molecule has 0 bridgehead atoms. The minimum Gasteiger partial charge on any atom is -0.432 e. The normalized spacial score (nSPS) is 55.1. The zero-order chi connectivity index (χ0) is 70.0. The molecule has 6 saturated heterocycles. The van der Waals surface area contributed by atoms with Crippen LogP contribution >= 0.6 is 0 Å². The minimum absolute atomic E-state index is 0.0451. The minimum atomic E-state index is -2.08. The quantitative estimate of drug-likeness (QED) is 0.0392. The lowest BCUT2D eigenvalue weighted by Crippen LogP contribution is -2.67. The van der Waals surface area contributed by atoms with E-state index in [9.17, 15) is 91.9 Å². The highest BCUT2D eigenvalue weighted by atomic mass is 16.8. The molecule has 38 atom stereocenters. The molecule has 6 heterocycles. The molecule has 552 valence electrons. The van der Waals surface area contributed by atoms with Crippen molar-refractivity contribution >= 4 is 5.97 Å². The van der Waals surface area contributed by atoms with Gasteiger partial charge in [0, 0.05) is 5.41 Å². The lowest BCUT2D eigenvalue weighted by atomic mass is 9.33. The fraction of sp³-hybridized carbons (Fsp3) is 0.954. The number of rotatable bonds is 16. The van der Waals surface area contributed by atoms with Crippen LogP contribution in [0.5, 0.6) is 0 Å². The lowest BCUT2D eigenvalue weighted by Gasteiger charge is -2.71. The highest BCUT2D eigenvalue weighted by Gasteiger charge is 2.71. The van der Waals surface area contributed by atoms with Gasteiger partial charge in [-0.05, 0) is 117 Å². The van der Waals surface area contributed by atoms with Gasteiger partial charge in [-0.3, -0.25) is 4.79 Å². The van der Waals surface area contributed by atoms with Gasteiger partial charge >= 0.3 is 5.97 Å². The summed E-state index contributed by atoms with van der Waals surface area (Å²) in [7, 11) is 0. The first-order chi connectivity index (χ1) is 45.1. The second kappa shape index (κ2) is 28.3. The number of fused-ring (bicyclic) bond motifs is 7. The summed E-state index contributed by atoms with van der Waals surface area (Å²) >= 11 is 0. The number of hydrogen-bond donors (Lipinski definition) is 18. The van der Waals surface area contributed by atoms with Gasteiger partial charge in [0.2, 0.25) is 6.29 Å². The number of carbonyl (C=O) groups excluding carboxylic acids is 1. The van der Waals surface area contributed by atoms with Gasteiger partial charge in [-0.15, -0.1) is 0 Å². The maximum absolute atomic E-state index is 15.9. The summed E-state index contributed by atoms with van der Waals surface area (Å²) in [5.41, 5.74) is -2.59. The molecule has 0 aromatic heterocycles. The molecule has 11 rings (SSSR count). The molecule has 31 nitrogen and oxygen atoms in total. The van der Waals surface area contributed by atoms with E-state index in [1.165, 1.54) is 13.8 Å². The van der Waals surface area contributed by atoms with Gasteiger partial charge in [0.15, 0.2) is 37.6 Å². The molecule has 0 aromatic rings. The Morgan fingerprint density at radius 1 is 0.500 bits per heavy atom. The number of allylic oxidation sites excluding steroid dienone is 2. The van der Waals surface area contributed by atoms with E-state index in [0.29, 0.717) is 64.2 Å². The molecule has 11 aliphatic rings. The molecule has 0 aromatic carbocycles. The summed E-state index contributed by atoms with van der Waals surface area (Å²) in [4.78, 5) is 15.9. The number of esters is 1. The van der Waals surface area contributed by atoms with Crippen molar-refractivity contribution in [2.45, 2.75) is 304 Å². The monoisotopic (exact) mass is 1380 g/mol. The Morgan fingerprint density at radius 2 is 1.02 bits per heavy atom. The van der Waals surface area contributed by atoms with Crippen LogP contribution in [0.15, 0.2) is 11.6 Å². The number of hydrogen-bond acceptors (Lipinski definition) is 31. The standard InChI is InChI=1S/C65H106O31/c1-25-36(70)41(75)46(80)54(87-25)93-50-31(21-67)90-53(49(83)45(50)79)86-23-32-40(74)44(78)52(95-56-48(82)43(77)39(73)30(20-66)89-56)58(91-32)96-59(84)65-17-15-60(3,4)19-28(65)27-9-10-34-61(5)13-12-35(62(6,24-68)33(61)11-14-64(34,8)63(27,7)16-18-65)92-57-51(38(72)29(69)22-85-57)94-55-47(81)42(76)37(71)26(2)88-55/h9,25-26,28-58,66-83H,10-24H2,1-8H3. The van der Waals surface area contributed by atoms with Crippen LogP contribution in [0.1, 0.15) is 120 Å². The van der Waals surface area contributed by atoms with E-state index in [-0.39, 0.29) is 35.9 Å². The Morgan fingerprint density at radius 3 is 1.62 bits per heavy atom. The van der Waals surface area contributed by atoms with Crippen molar-refractivity contribution in [2.75, 3.05) is 33.0 Å². The first-order valence-corrected chi connectivity index (χ1v) is 34.1. The van der Waals surface area contributed by atoms with Crippen LogP contribution in [0.25, 0.3) is 0 Å². The van der Waals surface area contributed by atoms with Gasteiger partial charge in [-0.25, -0.2) is 0 Å². The SMILES string of the molecule is CC1OC(OC2C(CO)OC(OCC3OC(OC(=O)C45CCC(C)(C)CC4C4=CCC6C7(C)CCC(OC8OCC(O)C(O)C8OC8OC(C)C(O)C(O)C8O)C(C)(CO)C7CCC6(C)C4(C)CC5)C(OC4OC(CO)C(O)C(O)C4O)C(O)C3O)C(O)C2O)C(O)C(O)C1O. The van der Waals surface area contributed by atoms with Crippen molar-refractivity contribution in [3.8, 4) is 0 Å². The van der Waals surface area contributed by atoms with Gasteiger partial charge in [0.25, 0.3) is 0 Å². The lowest BCUT2D eigenvalue weighted by molar-refractivity contribution is -0.373. The Labute approximate surface area is 556 Å². The Bertz CT molecular complexity index is 2690. The largest absolute Gasteiger partial charge is 0.432 e. The smallest absolute Gasteiger partial charge is 0.315 e. The van der Waals surface area contributed by atoms with E-state index in [4.69, 9.17) is 56.8 Å². The van der Waals surface area contributed by atoms with E-state index < -0.39 is 238 Å². The molecular weight excluding hydrogens is 1280 g/mol. The predicted molar refractivity (Wildman–Crippen MR) is 321 cm³/mol. The third kappa shape index (κ3) is 12.8. The summed E-state index contributed by atoms with van der Waals surface area (Å²) in [6.07, 6.45) is -41.4. The topological polar surface area (TPSA) is 492 Å². The van der Waals surface area contributed by atoms with Crippen molar-refractivity contribution in [2.24, 2.45) is 50.2 Å². The molecule has 0 amide bonds. The van der Waals surface area contributed by atoms with Crippen LogP contribution in [-0.4, -0.2) is 315 Å². The summed E-state index contributed by atoms with van der Waals surface area (Å²) in [6.45, 7) is 13.0. The molecular formula is C65H106O31. The van der Waals surface area contributed by atoms with Crippen molar-refractivity contribution in [3.63, 3.8) is 0 Å². The van der Waals surface area contributed by atoms with E-state index >= 15 is 4.79 Å². The van der Waals surface area contributed by atoms with E-state index in [0.717, 1.165) is 5.57 Å². The van der Waals surface area contributed by atoms with Gasteiger partial charge in [-0.2, -0.15) is 0 Å². The molecule has 4 saturated carbocycles. The maximum atomic E-state index is 15.9. The summed E-state index contributed by atoms with van der Waals surface area (Å²) in [5, 5.41) is 197. The number of aliphatic hydroxyl groups excluding tert-OH is 18. The average molecular weight is 1380 g/mol. The molecule has 5 aliphatic carbocycles. The molecule has 0 spiro atoms. The molecule has 31 heteroatoms. The highest BCUT2D eigenvalue weighted by Crippen LogP contribution is 2.76. The van der Waals surface area contributed by atoms with Crippen LogP contribution in [0.3, 0.4) is 0 Å². The third-order valence-electron chi connectivity index (χ3n) is 25.3. The van der Waals surface area contributed by atoms with Crippen LogP contribution < -0.4 is 0 Å². The number of carbonyl (C=O) groups is 1. The first kappa shape index (κ1) is 75.2. The van der Waals surface area contributed by atoms with E-state index in [2.05, 4.69) is 40.7 Å². The second-order valence-electron chi connectivity index (χ2n) is 31.3. The molecule has 0 radical (unpaired) electrons.